The van der Waals surface area contributed by atoms with E-state index in [2.05, 4.69) is 20.8 Å². The molecule has 0 aromatic carbocycles. The van der Waals surface area contributed by atoms with E-state index in [1.807, 2.05) is 6.92 Å². The largest absolute Gasteiger partial charge is 0.376 e. The molecule has 2 atom stereocenters. The first-order valence-electron chi connectivity index (χ1n) is 9.34. The monoisotopic (exact) mass is 384 g/mol. The lowest BCUT2D eigenvalue weighted by molar-refractivity contribution is -0.120. The fourth-order valence-electron chi connectivity index (χ4n) is 3.32. The Morgan fingerprint density at radius 1 is 1.24 bits per heavy atom. The van der Waals surface area contributed by atoms with Gasteiger partial charge in [0.1, 0.15) is 0 Å². The van der Waals surface area contributed by atoms with Gasteiger partial charge in [0.05, 0.1) is 11.4 Å². The van der Waals surface area contributed by atoms with Crippen LogP contribution in [-0.4, -0.2) is 47.2 Å². The van der Waals surface area contributed by atoms with E-state index in [1.54, 1.807) is 0 Å². The maximum absolute atomic E-state index is 12.3. The van der Waals surface area contributed by atoms with Gasteiger partial charge >= 0.3 is 0 Å². The van der Waals surface area contributed by atoms with Crippen LogP contribution in [0.15, 0.2) is 4.34 Å². The highest BCUT2D eigenvalue weighted by atomic mass is 32.2. The van der Waals surface area contributed by atoms with E-state index in [0.717, 1.165) is 42.0 Å². The Morgan fingerprint density at radius 2 is 2.08 bits per heavy atom. The molecular weight excluding hydrogens is 356 g/mol. The first kappa shape index (κ1) is 18.9. The summed E-state index contributed by atoms with van der Waals surface area (Å²) in [5.41, 5.74) is 0. The van der Waals surface area contributed by atoms with Gasteiger partial charge in [0.2, 0.25) is 11.0 Å². The van der Waals surface area contributed by atoms with Crippen molar-refractivity contribution in [2.75, 3.05) is 25.0 Å². The van der Waals surface area contributed by atoms with E-state index in [9.17, 15) is 4.79 Å². The van der Waals surface area contributed by atoms with Crippen LogP contribution in [0.4, 0.5) is 5.13 Å². The van der Waals surface area contributed by atoms with Crippen molar-refractivity contribution < 1.29 is 9.53 Å². The van der Waals surface area contributed by atoms with E-state index in [1.165, 1.54) is 55.2 Å². The summed E-state index contributed by atoms with van der Waals surface area (Å²) in [5.74, 6) is 0.754. The molecule has 2 aliphatic rings. The van der Waals surface area contributed by atoms with E-state index in [4.69, 9.17) is 4.74 Å². The summed E-state index contributed by atoms with van der Waals surface area (Å²) in [6.45, 7) is 4.38. The van der Waals surface area contributed by atoms with Gasteiger partial charge in [0.15, 0.2) is 4.34 Å². The van der Waals surface area contributed by atoms with Crippen molar-refractivity contribution in [1.82, 2.24) is 15.5 Å². The summed E-state index contributed by atoms with van der Waals surface area (Å²) in [6, 6.07) is 0. The van der Waals surface area contributed by atoms with Gasteiger partial charge in [-0.1, -0.05) is 42.4 Å². The molecule has 0 spiro atoms. The van der Waals surface area contributed by atoms with Crippen molar-refractivity contribution in [2.45, 2.75) is 67.6 Å². The lowest BCUT2D eigenvalue weighted by Gasteiger charge is -2.22. The number of anilines is 1. The lowest BCUT2D eigenvalue weighted by atomic mass is 9.89. The van der Waals surface area contributed by atoms with Gasteiger partial charge in [-0.05, 0) is 38.5 Å². The first-order valence-corrected chi connectivity index (χ1v) is 11.0. The zero-order valence-corrected chi connectivity index (χ0v) is 16.5. The van der Waals surface area contributed by atoms with Crippen LogP contribution in [0, 0.1) is 5.92 Å². The first-order chi connectivity index (χ1) is 12.2. The molecule has 0 bridgehead atoms. The molecule has 2 unspecified atom stereocenters. The minimum absolute atomic E-state index is 0.0969. The van der Waals surface area contributed by atoms with Crippen LogP contribution >= 0.6 is 23.1 Å². The minimum atomic E-state index is -0.150. The van der Waals surface area contributed by atoms with E-state index in [-0.39, 0.29) is 17.3 Å². The maximum Gasteiger partial charge on any atom is 0.233 e. The summed E-state index contributed by atoms with van der Waals surface area (Å²) < 4.78 is 6.42. The predicted molar refractivity (Wildman–Crippen MR) is 102 cm³/mol. The number of ether oxygens (including phenoxy) is 1. The summed E-state index contributed by atoms with van der Waals surface area (Å²) >= 11 is 2.98. The Morgan fingerprint density at radius 3 is 2.84 bits per heavy atom. The molecule has 25 heavy (non-hydrogen) atoms. The number of hydrogen-bond acceptors (Lipinski definition) is 7. The van der Waals surface area contributed by atoms with E-state index >= 15 is 0 Å². The highest BCUT2D eigenvalue weighted by Gasteiger charge is 2.20. The fraction of sp³-hybridized carbons (Fsp3) is 0.824. The van der Waals surface area contributed by atoms with Gasteiger partial charge in [0, 0.05) is 19.7 Å². The van der Waals surface area contributed by atoms with Crippen LogP contribution in [0.1, 0.15) is 51.9 Å². The number of rotatable bonds is 8. The smallest absolute Gasteiger partial charge is 0.233 e. The van der Waals surface area contributed by atoms with Gasteiger partial charge < -0.3 is 15.4 Å². The van der Waals surface area contributed by atoms with Gasteiger partial charge in [0.25, 0.3) is 0 Å². The zero-order chi connectivity index (χ0) is 17.5. The fourth-order valence-corrected chi connectivity index (χ4v) is 5.25. The van der Waals surface area contributed by atoms with Crippen LogP contribution in [0.5, 0.6) is 0 Å². The molecule has 3 rings (SSSR count). The van der Waals surface area contributed by atoms with Gasteiger partial charge in [-0.25, -0.2) is 0 Å². The van der Waals surface area contributed by atoms with Crippen molar-refractivity contribution in [2.24, 2.45) is 5.92 Å². The van der Waals surface area contributed by atoms with Gasteiger partial charge in [-0.15, -0.1) is 10.2 Å². The summed E-state index contributed by atoms with van der Waals surface area (Å²) in [7, 11) is 0. The summed E-state index contributed by atoms with van der Waals surface area (Å²) in [5, 5.41) is 15.4. The van der Waals surface area contributed by atoms with Crippen molar-refractivity contribution in [3.05, 3.63) is 0 Å². The molecule has 1 aliphatic carbocycles. The molecule has 8 heteroatoms. The number of nitrogens with zero attached hydrogens (tertiary/aromatic N) is 2. The second kappa shape index (κ2) is 9.73. The third-order valence-corrected chi connectivity index (χ3v) is 6.91. The molecule has 2 fully saturated rings. The second-order valence-corrected chi connectivity index (χ2v) is 9.46. The highest BCUT2D eigenvalue weighted by Crippen LogP contribution is 2.29. The molecule has 1 aliphatic heterocycles. The number of carbonyl (C=O) groups is 1. The highest BCUT2D eigenvalue weighted by molar-refractivity contribution is 8.02. The Kier molecular flexibility index (Phi) is 7.36. The van der Waals surface area contributed by atoms with Crippen LogP contribution in [0.3, 0.4) is 0 Å². The third kappa shape index (κ3) is 6.11. The van der Waals surface area contributed by atoms with E-state index in [0.29, 0.717) is 5.92 Å². The molecule has 6 nitrogen and oxygen atoms in total. The van der Waals surface area contributed by atoms with Crippen LogP contribution < -0.4 is 10.6 Å². The van der Waals surface area contributed by atoms with E-state index < -0.39 is 0 Å². The average Bonchev–Trinajstić information content (AvgIpc) is 3.30. The van der Waals surface area contributed by atoms with Gasteiger partial charge in [-0.3, -0.25) is 4.79 Å². The van der Waals surface area contributed by atoms with Gasteiger partial charge in [-0.2, -0.15) is 0 Å². The third-order valence-electron chi connectivity index (χ3n) is 4.85. The Labute approximate surface area is 157 Å². The molecule has 1 aromatic rings. The molecule has 1 saturated carbocycles. The minimum Gasteiger partial charge on any atom is -0.376 e. The number of amides is 1. The molecule has 2 heterocycles. The van der Waals surface area contributed by atoms with Crippen LogP contribution in [0.25, 0.3) is 0 Å². The summed E-state index contributed by atoms with van der Waals surface area (Å²) in [6.07, 6.45) is 8.97. The number of aromatic nitrogens is 2. The topological polar surface area (TPSA) is 76.1 Å². The zero-order valence-electron chi connectivity index (χ0n) is 14.8. The SMILES string of the molecule is CC(Sc1nnc(NCC2CCCO2)s1)C(=O)NCC1CCCCC1. The van der Waals surface area contributed by atoms with Crippen LogP contribution in [0.2, 0.25) is 0 Å². The Hall–Kier alpha value is -0.860. The standard InChI is InChI=1S/C17H28N4O2S2/c1-12(15(22)18-10-13-6-3-2-4-7-13)24-17-21-20-16(25-17)19-11-14-8-5-9-23-14/h12-14H,2-11H2,1H3,(H,18,22)(H,19,20). The molecule has 2 N–H and O–H groups in total. The maximum atomic E-state index is 12.3. The Bertz CT molecular complexity index is 543. The predicted octanol–water partition coefficient (Wildman–Crippen LogP) is 3.31. The number of thioether (sulfide) groups is 1. The number of nitrogens with one attached hydrogen (secondary N) is 2. The molecule has 1 aromatic heterocycles. The Balaban J connectivity index is 1.37. The van der Waals surface area contributed by atoms with Crippen molar-refractivity contribution >= 4 is 34.1 Å². The number of carbonyl (C=O) groups excluding carboxylic acids is 1. The second-order valence-electron chi connectivity index (χ2n) is 6.90. The van der Waals surface area contributed by atoms with Crippen LogP contribution in [-0.2, 0) is 9.53 Å². The lowest BCUT2D eigenvalue weighted by Crippen LogP contribution is -2.35. The average molecular weight is 385 g/mol. The van der Waals surface area contributed by atoms with Crippen molar-refractivity contribution in [3.63, 3.8) is 0 Å². The molecular formula is C17H28N4O2S2. The molecule has 0 radical (unpaired) electrons. The van der Waals surface area contributed by atoms with Crippen molar-refractivity contribution in [3.8, 4) is 0 Å². The summed E-state index contributed by atoms with van der Waals surface area (Å²) in [4.78, 5) is 12.3. The van der Waals surface area contributed by atoms with Crippen molar-refractivity contribution in [1.29, 1.82) is 0 Å². The normalized spacial score (nSPS) is 22.7. The molecule has 1 amide bonds. The quantitative estimate of drug-likeness (QED) is 0.670. The molecule has 1 saturated heterocycles. The number of hydrogen-bond donors (Lipinski definition) is 2. The molecule has 140 valence electrons.